The molecule has 1 aliphatic heterocycles. The highest BCUT2D eigenvalue weighted by molar-refractivity contribution is 5.77. The molecule has 138 valence electrons. The number of hydrogen-bond donors (Lipinski definition) is 1. The van der Waals surface area contributed by atoms with Crippen LogP contribution in [0, 0.1) is 6.92 Å². The van der Waals surface area contributed by atoms with Crippen LogP contribution in [0.5, 0.6) is 11.5 Å². The highest BCUT2D eigenvalue weighted by atomic mass is 16.5. The van der Waals surface area contributed by atoms with Gasteiger partial charge in [-0.2, -0.15) is 0 Å². The zero-order valence-electron chi connectivity index (χ0n) is 16.0. The predicted octanol–water partition coefficient (Wildman–Crippen LogP) is 4.35. The van der Waals surface area contributed by atoms with E-state index in [4.69, 9.17) is 9.47 Å². The van der Waals surface area contributed by atoms with E-state index in [2.05, 4.69) is 36.5 Å². The maximum atomic E-state index is 12.5. The Labute approximate surface area is 155 Å². The van der Waals surface area contributed by atoms with Crippen molar-refractivity contribution in [3.8, 4) is 11.5 Å². The number of carbonyl (C=O) groups excluding carboxylic acids is 1. The van der Waals surface area contributed by atoms with Crippen molar-refractivity contribution >= 4 is 5.91 Å². The number of aryl methyl sites for hydroxylation is 2. The second-order valence-corrected chi connectivity index (χ2v) is 7.58. The van der Waals surface area contributed by atoms with Gasteiger partial charge < -0.3 is 14.8 Å². The maximum Gasteiger partial charge on any atom is 0.220 e. The van der Waals surface area contributed by atoms with Crippen molar-refractivity contribution in [2.45, 2.75) is 51.7 Å². The molecule has 0 spiro atoms. The molecule has 2 aromatic carbocycles. The number of carbonyl (C=O) groups is 1. The van der Waals surface area contributed by atoms with Crippen LogP contribution in [0.2, 0.25) is 0 Å². The first-order chi connectivity index (χ1) is 12.4. The van der Waals surface area contributed by atoms with Crippen LogP contribution in [-0.2, 0) is 11.2 Å². The lowest BCUT2D eigenvalue weighted by atomic mass is 9.89. The molecular weight excluding hydrogens is 326 g/mol. The molecule has 4 nitrogen and oxygen atoms in total. The Kier molecular flexibility index (Phi) is 5.21. The largest absolute Gasteiger partial charge is 0.497 e. The van der Waals surface area contributed by atoms with E-state index >= 15 is 0 Å². The fraction of sp³-hybridized carbons (Fsp3) is 0.409. The summed E-state index contributed by atoms with van der Waals surface area (Å²) in [7, 11) is 1.64. The summed E-state index contributed by atoms with van der Waals surface area (Å²) in [6.07, 6.45) is 1.96. The lowest BCUT2D eigenvalue weighted by Crippen LogP contribution is -2.41. The first-order valence-corrected chi connectivity index (χ1v) is 9.08. The minimum Gasteiger partial charge on any atom is -0.497 e. The SMILES string of the molecule is COc1ccc2c(c1)OC(C)(C)CC2NC(=O)CCc1ccc(C)cc1. The number of methoxy groups -OCH3 is 1. The molecule has 0 saturated heterocycles. The predicted molar refractivity (Wildman–Crippen MR) is 103 cm³/mol. The molecule has 1 amide bonds. The smallest absolute Gasteiger partial charge is 0.220 e. The molecule has 0 saturated carbocycles. The van der Waals surface area contributed by atoms with Crippen molar-refractivity contribution in [1.29, 1.82) is 0 Å². The fourth-order valence-corrected chi connectivity index (χ4v) is 3.37. The number of amides is 1. The number of rotatable bonds is 5. The Balaban J connectivity index is 1.68. The van der Waals surface area contributed by atoms with Gasteiger partial charge in [-0.3, -0.25) is 4.79 Å². The Morgan fingerprint density at radius 2 is 1.96 bits per heavy atom. The summed E-state index contributed by atoms with van der Waals surface area (Å²) >= 11 is 0. The van der Waals surface area contributed by atoms with Crippen molar-refractivity contribution in [2.75, 3.05) is 7.11 Å². The van der Waals surface area contributed by atoms with Gasteiger partial charge in [0.15, 0.2) is 0 Å². The summed E-state index contributed by atoms with van der Waals surface area (Å²) in [5.41, 5.74) is 3.08. The standard InChI is InChI=1S/C22H27NO3/c1-15-5-7-16(8-6-15)9-12-21(24)23-19-14-22(2,3)26-20-13-17(25-4)10-11-18(19)20/h5-8,10-11,13,19H,9,12,14H2,1-4H3,(H,23,24). The van der Waals surface area contributed by atoms with Crippen LogP contribution in [0.1, 0.15) is 49.4 Å². The summed E-state index contributed by atoms with van der Waals surface area (Å²) in [6.45, 7) is 6.15. The monoisotopic (exact) mass is 353 g/mol. The summed E-state index contributed by atoms with van der Waals surface area (Å²) < 4.78 is 11.4. The molecule has 1 unspecified atom stereocenters. The molecule has 0 aromatic heterocycles. The molecule has 1 heterocycles. The Morgan fingerprint density at radius 3 is 2.65 bits per heavy atom. The highest BCUT2D eigenvalue weighted by Crippen LogP contribution is 2.41. The molecule has 4 heteroatoms. The fourth-order valence-electron chi connectivity index (χ4n) is 3.37. The van der Waals surface area contributed by atoms with Crippen LogP contribution in [0.25, 0.3) is 0 Å². The second kappa shape index (κ2) is 7.40. The Bertz CT molecular complexity index is 780. The summed E-state index contributed by atoms with van der Waals surface area (Å²) in [5, 5.41) is 3.19. The normalized spacial score (nSPS) is 17.8. The zero-order valence-corrected chi connectivity index (χ0v) is 16.0. The van der Waals surface area contributed by atoms with E-state index < -0.39 is 0 Å². The summed E-state index contributed by atoms with van der Waals surface area (Å²) in [5.74, 6) is 1.60. The van der Waals surface area contributed by atoms with Gasteiger partial charge in [0.05, 0.1) is 13.2 Å². The quantitative estimate of drug-likeness (QED) is 0.869. The molecule has 2 aromatic rings. The van der Waals surface area contributed by atoms with E-state index in [9.17, 15) is 4.79 Å². The molecule has 1 aliphatic rings. The van der Waals surface area contributed by atoms with Gasteiger partial charge in [0.1, 0.15) is 17.1 Å². The van der Waals surface area contributed by atoms with Crippen LogP contribution in [0.15, 0.2) is 42.5 Å². The van der Waals surface area contributed by atoms with E-state index in [1.54, 1.807) is 7.11 Å². The van der Waals surface area contributed by atoms with Crippen molar-refractivity contribution in [3.05, 3.63) is 59.2 Å². The molecule has 1 N–H and O–H groups in total. The average molecular weight is 353 g/mol. The maximum absolute atomic E-state index is 12.5. The van der Waals surface area contributed by atoms with Crippen molar-refractivity contribution in [1.82, 2.24) is 5.32 Å². The minimum atomic E-state index is -0.339. The van der Waals surface area contributed by atoms with E-state index in [-0.39, 0.29) is 17.6 Å². The zero-order chi connectivity index (χ0) is 18.7. The number of ether oxygens (including phenoxy) is 2. The Morgan fingerprint density at radius 1 is 1.23 bits per heavy atom. The van der Waals surface area contributed by atoms with Crippen molar-refractivity contribution in [2.24, 2.45) is 0 Å². The second-order valence-electron chi connectivity index (χ2n) is 7.58. The van der Waals surface area contributed by atoms with E-state index in [1.165, 1.54) is 11.1 Å². The highest BCUT2D eigenvalue weighted by Gasteiger charge is 2.34. The third kappa shape index (κ3) is 4.37. The van der Waals surface area contributed by atoms with Gasteiger partial charge in [0.25, 0.3) is 0 Å². The third-order valence-electron chi connectivity index (χ3n) is 4.77. The van der Waals surface area contributed by atoms with Gasteiger partial charge in [-0.15, -0.1) is 0 Å². The van der Waals surface area contributed by atoms with Gasteiger partial charge in [0.2, 0.25) is 5.91 Å². The van der Waals surface area contributed by atoms with Crippen molar-refractivity contribution in [3.63, 3.8) is 0 Å². The lowest BCUT2D eigenvalue weighted by Gasteiger charge is -2.38. The van der Waals surface area contributed by atoms with Crippen LogP contribution in [0.3, 0.4) is 0 Å². The molecule has 26 heavy (non-hydrogen) atoms. The number of benzene rings is 2. The van der Waals surface area contributed by atoms with Gasteiger partial charge in [-0.25, -0.2) is 0 Å². The molecule has 0 aliphatic carbocycles. The van der Waals surface area contributed by atoms with Gasteiger partial charge in [-0.1, -0.05) is 29.8 Å². The van der Waals surface area contributed by atoms with E-state index in [1.807, 2.05) is 32.0 Å². The first-order valence-electron chi connectivity index (χ1n) is 9.08. The van der Waals surface area contributed by atoms with Gasteiger partial charge >= 0.3 is 0 Å². The minimum absolute atomic E-state index is 0.0508. The van der Waals surface area contributed by atoms with Crippen LogP contribution >= 0.6 is 0 Å². The topological polar surface area (TPSA) is 47.6 Å². The lowest BCUT2D eigenvalue weighted by molar-refractivity contribution is -0.122. The first kappa shape index (κ1) is 18.3. The molecule has 3 rings (SSSR count). The summed E-state index contributed by atoms with van der Waals surface area (Å²) in [6, 6.07) is 14.1. The molecule has 1 atom stereocenters. The van der Waals surface area contributed by atoms with Gasteiger partial charge in [0, 0.05) is 24.5 Å². The number of fused-ring (bicyclic) bond motifs is 1. The third-order valence-corrected chi connectivity index (χ3v) is 4.77. The number of hydrogen-bond acceptors (Lipinski definition) is 3. The van der Waals surface area contributed by atoms with E-state index in [0.29, 0.717) is 6.42 Å². The van der Waals surface area contributed by atoms with Gasteiger partial charge in [-0.05, 0) is 44.9 Å². The van der Waals surface area contributed by atoms with Crippen LogP contribution in [0.4, 0.5) is 0 Å². The van der Waals surface area contributed by atoms with Crippen LogP contribution < -0.4 is 14.8 Å². The van der Waals surface area contributed by atoms with Crippen molar-refractivity contribution < 1.29 is 14.3 Å². The Hall–Kier alpha value is -2.49. The van der Waals surface area contributed by atoms with Crippen LogP contribution in [-0.4, -0.2) is 18.6 Å². The molecular formula is C22H27NO3. The molecule has 0 fully saturated rings. The average Bonchev–Trinajstić information content (AvgIpc) is 2.59. The molecule has 0 radical (unpaired) electrons. The molecule has 0 bridgehead atoms. The number of nitrogens with one attached hydrogen (secondary N) is 1. The van der Waals surface area contributed by atoms with E-state index in [0.717, 1.165) is 29.9 Å². The summed E-state index contributed by atoms with van der Waals surface area (Å²) in [4.78, 5) is 12.5.